The van der Waals surface area contributed by atoms with Crippen LogP contribution in [0.15, 0.2) is 48.7 Å². The molecular formula is C20H15F6N2O5P. The molecule has 0 radical (unpaired) electrons. The summed E-state index contributed by atoms with van der Waals surface area (Å²) >= 11 is 0. The molecule has 2 N–H and O–H groups in total. The average molecular weight is 508 g/mol. The minimum atomic E-state index is -5.12. The molecule has 0 aliphatic rings. The Morgan fingerprint density at radius 3 is 2.21 bits per heavy atom. The van der Waals surface area contributed by atoms with Crippen LogP contribution in [0.3, 0.4) is 0 Å². The molecule has 0 saturated heterocycles. The van der Waals surface area contributed by atoms with Gasteiger partial charge < -0.3 is 9.79 Å². The van der Waals surface area contributed by atoms with Gasteiger partial charge in [0.25, 0.3) is 0 Å². The normalized spacial score (nSPS) is 13.2. The zero-order chi connectivity index (χ0) is 25.3. The summed E-state index contributed by atoms with van der Waals surface area (Å²) in [6.45, 7) is -1.78. The van der Waals surface area contributed by atoms with E-state index in [0.717, 1.165) is 47.3 Å². The summed E-state index contributed by atoms with van der Waals surface area (Å²) in [4.78, 5) is 30.8. The van der Waals surface area contributed by atoms with Gasteiger partial charge in [0.1, 0.15) is 17.5 Å². The first-order valence-corrected chi connectivity index (χ1v) is 10.9. The van der Waals surface area contributed by atoms with E-state index >= 15 is 0 Å². The first kappa shape index (κ1) is 25.6. The van der Waals surface area contributed by atoms with Crippen molar-refractivity contribution in [2.24, 2.45) is 0 Å². The number of Topliss-reactive ketones (excluding diaryl/α,β-unsaturated/α-hetero) is 1. The van der Waals surface area contributed by atoms with Gasteiger partial charge in [-0.1, -0.05) is 12.1 Å². The van der Waals surface area contributed by atoms with E-state index < -0.39 is 73.0 Å². The molecule has 1 unspecified atom stereocenters. The van der Waals surface area contributed by atoms with Gasteiger partial charge in [0.05, 0.1) is 35.9 Å². The van der Waals surface area contributed by atoms with Crippen LogP contribution in [0.5, 0.6) is 0 Å². The Balaban J connectivity index is 1.98. The van der Waals surface area contributed by atoms with Gasteiger partial charge in [0, 0.05) is 11.8 Å². The van der Waals surface area contributed by atoms with Gasteiger partial charge >= 0.3 is 14.0 Å². The molecule has 0 aliphatic heterocycles. The second kappa shape index (κ2) is 9.71. The fraction of sp³-hybridized carbons (Fsp3) is 0.200. The highest BCUT2D eigenvalue weighted by Gasteiger charge is 2.35. The maximum absolute atomic E-state index is 14.1. The lowest BCUT2D eigenvalue weighted by molar-refractivity contribution is -0.138. The highest BCUT2D eigenvalue weighted by atomic mass is 31.2. The Kier molecular flexibility index (Phi) is 7.32. The number of nitrogens with zero attached hydrogens (tertiary/aromatic N) is 2. The Hall–Kier alpha value is -2.99. The lowest BCUT2D eigenvalue weighted by Crippen LogP contribution is -2.21. The number of carbonyl (C=O) groups is 1. The largest absolute Gasteiger partial charge is 0.469 e. The van der Waals surface area contributed by atoms with Gasteiger partial charge in [-0.05, 0) is 30.3 Å². The topological polar surface area (TPSA) is 102 Å². The lowest BCUT2D eigenvalue weighted by Gasteiger charge is -2.16. The third-order valence-electron chi connectivity index (χ3n) is 4.70. The third kappa shape index (κ3) is 5.92. The number of phosphoric acid groups is 1. The van der Waals surface area contributed by atoms with Crippen LogP contribution in [-0.4, -0.2) is 32.0 Å². The molecule has 34 heavy (non-hydrogen) atoms. The summed E-state index contributed by atoms with van der Waals surface area (Å²) in [7, 11) is -5.12. The first-order chi connectivity index (χ1) is 15.8. The van der Waals surface area contributed by atoms with Gasteiger partial charge in [-0.15, -0.1) is 0 Å². The number of hydrogen-bond acceptors (Lipinski definition) is 4. The van der Waals surface area contributed by atoms with Crippen LogP contribution in [0.1, 0.15) is 33.1 Å². The molecule has 1 atom stereocenters. The van der Waals surface area contributed by atoms with Crippen molar-refractivity contribution >= 4 is 13.6 Å². The average Bonchev–Trinajstić information content (AvgIpc) is 3.16. The quantitative estimate of drug-likeness (QED) is 0.265. The van der Waals surface area contributed by atoms with Crippen molar-refractivity contribution in [2.45, 2.75) is 18.6 Å². The standard InChI is InChI=1S/C20H15F6N2O5P/c21-14-4-1-3-13(20(24,25)26)11(14)9-28-8-7-17(27-28)12(10-33-34(30,31)32)19(29)18-15(22)5-2-6-16(18)23/h1-8,12H,9-10H2,(H2,30,31,32). The number of ketones is 1. The second-order valence-corrected chi connectivity index (χ2v) is 8.24. The van der Waals surface area contributed by atoms with Crippen molar-refractivity contribution in [3.8, 4) is 0 Å². The summed E-state index contributed by atoms with van der Waals surface area (Å²) < 4.78 is 98.4. The van der Waals surface area contributed by atoms with E-state index in [1.165, 1.54) is 0 Å². The fourth-order valence-electron chi connectivity index (χ4n) is 3.17. The molecular weight excluding hydrogens is 493 g/mol. The third-order valence-corrected chi connectivity index (χ3v) is 5.18. The maximum atomic E-state index is 14.1. The summed E-state index contributed by atoms with van der Waals surface area (Å²) in [5.74, 6) is -6.71. The molecule has 0 spiro atoms. The van der Waals surface area contributed by atoms with Crippen LogP contribution in [0.4, 0.5) is 26.3 Å². The molecule has 0 aliphatic carbocycles. The van der Waals surface area contributed by atoms with Crippen molar-refractivity contribution in [1.29, 1.82) is 0 Å². The van der Waals surface area contributed by atoms with E-state index in [-0.39, 0.29) is 5.69 Å². The number of halogens is 6. The van der Waals surface area contributed by atoms with Crippen molar-refractivity contribution in [1.82, 2.24) is 9.78 Å². The van der Waals surface area contributed by atoms with Crippen LogP contribution < -0.4 is 0 Å². The number of rotatable bonds is 8. The molecule has 3 rings (SSSR count). The molecule has 0 amide bonds. The minimum absolute atomic E-state index is 0.328. The Morgan fingerprint density at radius 2 is 1.62 bits per heavy atom. The van der Waals surface area contributed by atoms with E-state index in [1.54, 1.807) is 0 Å². The van der Waals surface area contributed by atoms with Crippen LogP contribution in [-0.2, 0) is 21.8 Å². The highest BCUT2D eigenvalue weighted by Crippen LogP contribution is 2.38. The van der Waals surface area contributed by atoms with Crippen LogP contribution in [0.2, 0.25) is 0 Å². The SMILES string of the molecule is O=C(c1c(F)cccc1F)C(COP(=O)(O)O)c1ccn(Cc2c(F)cccc2C(F)(F)F)n1. The van der Waals surface area contributed by atoms with E-state index in [1.807, 2.05) is 0 Å². The van der Waals surface area contributed by atoms with E-state index in [9.17, 15) is 35.7 Å². The predicted octanol–water partition coefficient (Wildman–Crippen LogP) is 4.44. The summed E-state index contributed by atoms with van der Waals surface area (Å²) in [6.07, 6.45) is -3.80. The molecule has 0 bridgehead atoms. The Labute approximate surface area is 187 Å². The monoisotopic (exact) mass is 508 g/mol. The number of alkyl halides is 3. The van der Waals surface area contributed by atoms with Gasteiger partial charge in [-0.2, -0.15) is 18.3 Å². The second-order valence-electron chi connectivity index (χ2n) is 7.00. The molecule has 0 fully saturated rings. The van der Waals surface area contributed by atoms with E-state index in [0.29, 0.717) is 6.07 Å². The molecule has 1 aromatic heterocycles. The smallest absolute Gasteiger partial charge is 0.303 e. The van der Waals surface area contributed by atoms with Crippen molar-refractivity contribution in [2.75, 3.05) is 6.61 Å². The minimum Gasteiger partial charge on any atom is -0.303 e. The van der Waals surface area contributed by atoms with E-state index in [4.69, 9.17) is 9.79 Å². The zero-order valence-electron chi connectivity index (χ0n) is 16.8. The predicted molar refractivity (Wildman–Crippen MR) is 104 cm³/mol. The molecule has 0 saturated carbocycles. The number of hydrogen-bond donors (Lipinski definition) is 2. The van der Waals surface area contributed by atoms with Crippen LogP contribution >= 0.6 is 7.82 Å². The van der Waals surface area contributed by atoms with Crippen molar-refractivity contribution in [3.05, 3.63) is 88.5 Å². The fourth-order valence-corrected chi connectivity index (χ4v) is 3.52. The summed E-state index contributed by atoms with van der Waals surface area (Å²) in [6, 6.07) is 6.00. The highest BCUT2D eigenvalue weighted by molar-refractivity contribution is 7.46. The molecule has 3 aromatic rings. The number of aromatic nitrogens is 2. The number of phosphoric ester groups is 1. The Bertz CT molecular complexity index is 1240. The van der Waals surface area contributed by atoms with Crippen molar-refractivity contribution < 1.29 is 50.0 Å². The maximum Gasteiger partial charge on any atom is 0.469 e. The molecule has 1 heterocycles. The van der Waals surface area contributed by atoms with Crippen LogP contribution in [0.25, 0.3) is 0 Å². The summed E-state index contributed by atoms with van der Waals surface area (Å²) in [5, 5.41) is 3.86. The van der Waals surface area contributed by atoms with Gasteiger partial charge in [-0.3, -0.25) is 14.0 Å². The summed E-state index contributed by atoms with van der Waals surface area (Å²) in [5.41, 5.74) is -3.36. The first-order valence-electron chi connectivity index (χ1n) is 9.34. The van der Waals surface area contributed by atoms with Gasteiger partial charge in [0.15, 0.2) is 5.78 Å². The lowest BCUT2D eigenvalue weighted by atomic mass is 9.94. The van der Waals surface area contributed by atoms with Gasteiger partial charge in [-0.25, -0.2) is 17.7 Å². The molecule has 14 heteroatoms. The zero-order valence-corrected chi connectivity index (χ0v) is 17.7. The van der Waals surface area contributed by atoms with Gasteiger partial charge in [0.2, 0.25) is 0 Å². The van der Waals surface area contributed by atoms with Crippen molar-refractivity contribution in [3.63, 3.8) is 0 Å². The molecule has 2 aromatic carbocycles. The Morgan fingerprint density at radius 1 is 1.03 bits per heavy atom. The molecule has 182 valence electrons. The number of benzene rings is 2. The van der Waals surface area contributed by atoms with E-state index in [2.05, 4.69) is 9.62 Å². The number of carbonyl (C=O) groups excluding carboxylic acids is 1. The molecule has 7 nitrogen and oxygen atoms in total. The van der Waals surface area contributed by atoms with Crippen LogP contribution in [0, 0.1) is 17.5 Å².